The van der Waals surface area contributed by atoms with Gasteiger partial charge in [-0.05, 0) is 25.5 Å². The number of nitrogens with one attached hydrogen (secondary N) is 2. The van der Waals surface area contributed by atoms with E-state index in [9.17, 15) is 4.79 Å². The summed E-state index contributed by atoms with van der Waals surface area (Å²) in [6.07, 6.45) is 1.39. The second-order valence-corrected chi connectivity index (χ2v) is 6.93. The van der Waals surface area contributed by atoms with Crippen molar-refractivity contribution in [1.82, 2.24) is 15.5 Å². The van der Waals surface area contributed by atoms with Crippen molar-refractivity contribution in [3.63, 3.8) is 0 Å². The second-order valence-electron chi connectivity index (χ2n) is 6.53. The summed E-state index contributed by atoms with van der Waals surface area (Å²) < 4.78 is 0. The van der Waals surface area contributed by atoms with Crippen molar-refractivity contribution in [1.29, 1.82) is 0 Å². The summed E-state index contributed by atoms with van der Waals surface area (Å²) in [5, 5.41) is 7.06. The molecule has 26 heavy (non-hydrogen) atoms. The molecule has 0 radical (unpaired) electrons. The van der Waals surface area contributed by atoms with Crippen LogP contribution < -0.4 is 15.5 Å². The van der Waals surface area contributed by atoms with Crippen LogP contribution in [0.4, 0.5) is 5.69 Å². The van der Waals surface area contributed by atoms with E-state index >= 15 is 0 Å². The van der Waals surface area contributed by atoms with E-state index in [1.165, 1.54) is 0 Å². The first-order valence-electron chi connectivity index (χ1n) is 9.29. The Labute approximate surface area is 161 Å². The summed E-state index contributed by atoms with van der Waals surface area (Å²) in [6, 6.07) is 8.17. The lowest BCUT2D eigenvalue weighted by atomic mass is 10.2. The van der Waals surface area contributed by atoms with Crippen molar-refractivity contribution < 1.29 is 4.79 Å². The van der Waals surface area contributed by atoms with Gasteiger partial charge < -0.3 is 20.4 Å². The molecule has 1 aromatic rings. The molecule has 2 rings (SSSR count). The standard InChI is InChI=1S/C19H30ClN5O/c1-4-15(2)23-18(26)9-10-22-19(21-3)25-13-11-24(12-14-25)17-8-6-5-7-16(17)20/h5-8,15H,4,9-14H2,1-3H3,(H,21,22)(H,23,26). The highest BCUT2D eigenvalue weighted by atomic mass is 35.5. The van der Waals surface area contributed by atoms with Crippen LogP contribution in [0.25, 0.3) is 0 Å². The number of anilines is 1. The molecule has 0 spiro atoms. The number of aliphatic imine (C=N–C) groups is 1. The molecule has 1 saturated heterocycles. The highest BCUT2D eigenvalue weighted by Gasteiger charge is 2.21. The predicted molar refractivity (Wildman–Crippen MR) is 109 cm³/mol. The predicted octanol–water partition coefficient (Wildman–Crippen LogP) is 2.34. The van der Waals surface area contributed by atoms with Crippen molar-refractivity contribution in [2.75, 3.05) is 44.7 Å². The van der Waals surface area contributed by atoms with Crippen LogP contribution in [0, 0.1) is 0 Å². The lowest BCUT2D eigenvalue weighted by Gasteiger charge is -2.38. The number of para-hydroxylation sites is 1. The van der Waals surface area contributed by atoms with E-state index in [-0.39, 0.29) is 11.9 Å². The summed E-state index contributed by atoms with van der Waals surface area (Å²) in [7, 11) is 1.78. The van der Waals surface area contributed by atoms with Gasteiger partial charge in [-0.2, -0.15) is 0 Å². The molecular formula is C19H30ClN5O. The Morgan fingerprint density at radius 3 is 2.58 bits per heavy atom. The van der Waals surface area contributed by atoms with Crippen LogP contribution in [0.2, 0.25) is 5.02 Å². The number of guanidine groups is 1. The van der Waals surface area contributed by atoms with Crippen LogP contribution in [0.1, 0.15) is 26.7 Å². The molecule has 1 heterocycles. The smallest absolute Gasteiger partial charge is 0.221 e. The number of halogens is 1. The molecule has 144 valence electrons. The highest BCUT2D eigenvalue weighted by molar-refractivity contribution is 6.33. The number of rotatable bonds is 6. The Hall–Kier alpha value is -1.95. The van der Waals surface area contributed by atoms with E-state index in [4.69, 9.17) is 11.6 Å². The van der Waals surface area contributed by atoms with Crippen LogP contribution in [0.5, 0.6) is 0 Å². The molecule has 6 nitrogen and oxygen atoms in total. The average molecular weight is 380 g/mol. The van der Waals surface area contributed by atoms with E-state index < -0.39 is 0 Å². The first-order chi connectivity index (χ1) is 12.5. The van der Waals surface area contributed by atoms with E-state index in [0.717, 1.165) is 49.3 Å². The Bertz CT molecular complexity index is 614. The first kappa shape index (κ1) is 20.4. The number of carbonyl (C=O) groups excluding carboxylic acids is 1. The number of hydrogen-bond acceptors (Lipinski definition) is 3. The lowest BCUT2D eigenvalue weighted by molar-refractivity contribution is -0.121. The monoisotopic (exact) mass is 379 g/mol. The number of benzene rings is 1. The molecule has 0 aliphatic carbocycles. The molecule has 1 aliphatic rings. The summed E-state index contributed by atoms with van der Waals surface area (Å²) in [4.78, 5) is 20.7. The molecule has 7 heteroatoms. The van der Waals surface area contributed by atoms with Gasteiger partial charge in [-0.25, -0.2) is 0 Å². The molecule has 2 N–H and O–H groups in total. The minimum Gasteiger partial charge on any atom is -0.367 e. The van der Waals surface area contributed by atoms with Crippen LogP contribution in [-0.2, 0) is 4.79 Å². The van der Waals surface area contributed by atoms with Gasteiger partial charge >= 0.3 is 0 Å². The maximum atomic E-state index is 11.9. The minimum atomic E-state index is 0.0749. The Morgan fingerprint density at radius 2 is 1.96 bits per heavy atom. The normalized spacial score (nSPS) is 16.4. The summed E-state index contributed by atoms with van der Waals surface area (Å²) >= 11 is 6.30. The van der Waals surface area contributed by atoms with Crippen LogP contribution in [0.3, 0.4) is 0 Å². The summed E-state index contributed by atoms with van der Waals surface area (Å²) in [5.74, 6) is 0.922. The fraction of sp³-hybridized carbons (Fsp3) is 0.579. The van der Waals surface area contributed by atoms with Gasteiger partial charge in [0.15, 0.2) is 5.96 Å². The minimum absolute atomic E-state index is 0.0749. The number of hydrogen-bond donors (Lipinski definition) is 2. The van der Waals surface area contributed by atoms with E-state index in [1.807, 2.05) is 25.1 Å². The molecule has 1 unspecified atom stereocenters. The SMILES string of the molecule is CCC(C)NC(=O)CCNC(=NC)N1CCN(c2ccccc2Cl)CC1. The quantitative estimate of drug-likeness (QED) is 0.588. The molecule has 1 aliphatic heterocycles. The van der Waals surface area contributed by atoms with E-state index in [1.54, 1.807) is 7.05 Å². The van der Waals surface area contributed by atoms with Gasteiger partial charge in [0.25, 0.3) is 0 Å². The number of piperazine rings is 1. The molecule has 1 amide bonds. The van der Waals surface area contributed by atoms with Gasteiger partial charge in [0.1, 0.15) is 0 Å². The zero-order chi connectivity index (χ0) is 18.9. The van der Waals surface area contributed by atoms with Gasteiger partial charge in [-0.15, -0.1) is 0 Å². The largest absolute Gasteiger partial charge is 0.367 e. The van der Waals surface area contributed by atoms with Gasteiger partial charge in [-0.3, -0.25) is 9.79 Å². The van der Waals surface area contributed by atoms with Gasteiger partial charge in [0.2, 0.25) is 5.91 Å². The average Bonchev–Trinajstić information content (AvgIpc) is 2.66. The molecule has 0 bridgehead atoms. The molecule has 1 fully saturated rings. The third-order valence-corrected chi connectivity index (χ3v) is 4.96. The molecule has 0 saturated carbocycles. The van der Waals surface area contributed by atoms with Crippen molar-refractivity contribution in [2.45, 2.75) is 32.7 Å². The van der Waals surface area contributed by atoms with Crippen LogP contribution >= 0.6 is 11.6 Å². The molecule has 0 aromatic heterocycles. The van der Waals surface area contributed by atoms with Crippen LogP contribution in [0.15, 0.2) is 29.3 Å². The maximum absolute atomic E-state index is 11.9. The van der Waals surface area contributed by atoms with Gasteiger partial charge in [-0.1, -0.05) is 30.7 Å². The van der Waals surface area contributed by atoms with Crippen LogP contribution in [-0.4, -0.2) is 62.6 Å². The number of carbonyl (C=O) groups is 1. The first-order valence-corrected chi connectivity index (χ1v) is 9.67. The molecular weight excluding hydrogens is 350 g/mol. The second kappa shape index (κ2) is 10.3. The fourth-order valence-corrected chi connectivity index (χ4v) is 3.19. The van der Waals surface area contributed by atoms with Crippen molar-refractivity contribution in [3.8, 4) is 0 Å². The molecule has 1 aromatic carbocycles. The molecule has 1 atom stereocenters. The Morgan fingerprint density at radius 1 is 1.27 bits per heavy atom. The Balaban J connectivity index is 1.78. The lowest BCUT2D eigenvalue weighted by Crippen LogP contribution is -2.53. The van der Waals surface area contributed by atoms with E-state index in [0.29, 0.717) is 13.0 Å². The summed E-state index contributed by atoms with van der Waals surface area (Å²) in [5.41, 5.74) is 1.08. The van der Waals surface area contributed by atoms with Crippen molar-refractivity contribution in [3.05, 3.63) is 29.3 Å². The maximum Gasteiger partial charge on any atom is 0.221 e. The van der Waals surface area contributed by atoms with Gasteiger partial charge in [0, 0.05) is 52.2 Å². The number of amides is 1. The number of nitrogens with zero attached hydrogens (tertiary/aromatic N) is 3. The summed E-state index contributed by atoms with van der Waals surface area (Å²) in [6.45, 7) is 8.17. The Kier molecular flexibility index (Phi) is 8.04. The fourth-order valence-electron chi connectivity index (χ4n) is 2.94. The van der Waals surface area contributed by atoms with Gasteiger partial charge in [0.05, 0.1) is 10.7 Å². The third-order valence-electron chi connectivity index (χ3n) is 4.64. The van der Waals surface area contributed by atoms with Crippen molar-refractivity contribution >= 4 is 29.2 Å². The topological polar surface area (TPSA) is 60.0 Å². The van der Waals surface area contributed by atoms with E-state index in [2.05, 4.69) is 38.4 Å². The zero-order valence-corrected chi connectivity index (χ0v) is 16.7. The van der Waals surface area contributed by atoms with Crippen molar-refractivity contribution in [2.24, 2.45) is 4.99 Å². The zero-order valence-electron chi connectivity index (χ0n) is 16.0. The third kappa shape index (κ3) is 5.80. The highest BCUT2D eigenvalue weighted by Crippen LogP contribution is 2.25.